The van der Waals surface area contributed by atoms with E-state index in [1.54, 1.807) is 6.07 Å². The summed E-state index contributed by atoms with van der Waals surface area (Å²) < 4.78 is 80.3. The summed E-state index contributed by atoms with van der Waals surface area (Å²) in [4.78, 5) is 11.8. The Labute approximate surface area is 211 Å². The molecule has 7 nitrogen and oxygen atoms in total. The number of benzene rings is 1. The van der Waals surface area contributed by atoms with E-state index in [1.807, 2.05) is 0 Å². The van der Waals surface area contributed by atoms with Crippen LogP contribution in [-0.4, -0.2) is 39.3 Å². The van der Waals surface area contributed by atoms with Gasteiger partial charge in [-0.3, -0.25) is 4.98 Å². The maximum Gasteiger partial charge on any atom is 0.433 e. The maximum absolute atomic E-state index is 13.5. The van der Waals surface area contributed by atoms with Crippen molar-refractivity contribution in [2.75, 3.05) is 0 Å². The van der Waals surface area contributed by atoms with Gasteiger partial charge < -0.3 is 5.32 Å². The molecular formula is C25H23F4N5O2S. The second-order valence-electron chi connectivity index (χ2n) is 9.24. The highest BCUT2D eigenvalue weighted by Gasteiger charge is 2.60. The van der Waals surface area contributed by atoms with Crippen molar-refractivity contribution in [3.05, 3.63) is 84.5 Å². The van der Waals surface area contributed by atoms with Gasteiger partial charge in [0, 0.05) is 23.0 Å². The van der Waals surface area contributed by atoms with Crippen LogP contribution >= 0.6 is 0 Å². The molecule has 1 saturated carbocycles. The first-order valence-electron chi connectivity index (χ1n) is 11.6. The first-order valence-corrected chi connectivity index (χ1v) is 13.0. The van der Waals surface area contributed by atoms with Gasteiger partial charge in [0.25, 0.3) is 0 Å². The average Bonchev–Trinajstić information content (AvgIpc) is 3.53. The van der Waals surface area contributed by atoms with Gasteiger partial charge in [0.2, 0.25) is 10.0 Å². The zero-order valence-corrected chi connectivity index (χ0v) is 20.4. The van der Waals surface area contributed by atoms with Crippen molar-refractivity contribution in [1.29, 1.82) is 0 Å². The lowest BCUT2D eigenvalue weighted by Crippen LogP contribution is -2.45. The van der Waals surface area contributed by atoms with Crippen LogP contribution in [0, 0.1) is 5.82 Å². The predicted octanol–water partition coefficient (Wildman–Crippen LogP) is 4.69. The van der Waals surface area contributed by atoms with Crippen molar-refractivity contribution >= 4 is 10.0 Å². The van der Waals surface area contributed by atoms with Crippen LogP contribution in [0.5, 0.6) is 0 Å². The minimum atomic E-state index is -4.53. The second-order valence-corrected chi connectivity index (χ2v) is 11.1. The topological polar surface area (TPSA) is 88.1 Å². The quantitative estimate of drug-likeness (QED) is 0.444. The van der Waals surface area contributed by atoms with Gasteiger partial charge in [0.05, 0.1) is 28.9 Å². The Morgan fingerprint density at radius 2 is 1.81 bits per heavy atom. The van der Waals surface area contributed by atoms with E-state index >= 15 is 0 Å². The highest BCUT2D eigenvalue weighted by atomic mass is 32.2. The lowest BCUT2D eigenvalue weighted by atomic mass is 10.1. The number of rotatable bonds is 7. The van der Waals surface area contributed by atoms with Crippen molar-refractivity contribution in [2.24, 2.45) is 0 Å². The number of hydrogen-bond acceptors (Lipinski definition) is 6. The summed E-state index contributed by atoms with van der Waals surface area (Å²) in [6.45, 7) is 4.30. The van der Waals surface area contributed by atoms with Crippen LogP contribution in [0.4, 0.5) is 17.6 Å². The summed E-state index contributed by atoms with van der Waals surface area (Å²) in [6, 6.07) is 8.11. The van der Waals surface area contributed by atoms with E-state index in [0.717, 1.165) is 37.2 Å². The summed E-state index contributed by atoms with van der Waals surface area (Å²) in [5.74, 6) is -0.513. The summed E-state index contributed by atoms with van der Waals surface area (Å²) in [6.07, 6.45) is 0.689. The largest absolute Gasteiger partial charge is 0.433 e. The number of sulfonamides is 1. The van der Waals surface area contributed by atoms with E-state index in [1.165, 1.54) is 28.8 Å². The minimum Gasteiger partial charge on any atom is -0.382 e. The number of hydrogen-bond donors (Lipinski definition) is 1. The monoisotopic (exact) mass is 533 g/mol. The fraction of sp³-hybridized carbons (Fsp3) is 0.320. The lowest BCUT2D eigenvalue weighted by molar-refractivity contribution is -0.141. The number of nitrogens with one attached hydrogen (secondary N) is 1. The molecule has 0 unspecified atom stereocenters. The minimum absolute atomic E-state index is 0.0328. The van der Waals surface area contributed by atoms with Crippen molar-refractivity contribution < 1.29 is 26.0 Å². The molecule has 3 aromatic rings. The highest BCUT2D eigenvalue weighted by molar-refractivity contribution is 7.89. The fourth-order valence-electron chi connectivity index (χ4n) is 4.72. The fourth-order valence-corrected chi connectivity index (χ4v) is 6.78. The lowest BCUT2D eigenvalue weighted by Gasteiger charge is -2.31. The Kier molecular flexibility index (Phi) is 6.27. The Balaban J connectivity index is 1.31. The molecule has 2 aromatic heterocycles. The third kappa shape index (κ3) is 4.95. The van der Waals surface area contributed by atoms with Crippen LogP contribution in [0.1, 0.15) is 37.1 Å². The average molecular weight is 534 g/mol. The van der Waals surface area contributed by atoms with Crippen LogP contribution in [-0.2, 0) is 22.7 Å². The van der Waals surface area contributed by atoms with Crippen LogP contribution in [0.15, 0.2) is 72.2 Å². The third-order valence-electron chi connectivity index (χ3n) is 6.80. The van der Waals surface area contributed by atoms with E-state index in [0.29, 0.717) is 35.5 Å². The van der Waals surface area contributed by atoms with E-state index in [9.17, 15) is 26.0 Å². The van der Waals surface area contributed by atoms with Crippen molar-refractivity contribution in [3.8, 4) is 11.3 Å². The molecule has 0 amide bonds. The van der Waals surface area contributed by atoms with Crippen LogP contribution in [0.3, 0.4) is 0 Å². The summed E-state index contributed by atoms with van der Waals surface area (Å²) in [7, 11) is -3.88. The van der Waals surface area contributed by atoms with Gasteiger partial charge >= 0.3 is 6.18 Å². The first kappa shape index (κ1) is 25.3. The van der Waals surface area contributed by atoms with E-state index < -0.39 is 39.3 Å². The Morgan fingerprint density at radius 3 is 2.43 bits per heavy atom. The molecule has 1 aliphatic heterocycles. The maximum atomic E-state index is 13.5. The van der Waals surface area contributed by atoms with Gasteiger partial charge in [-0.15, -0.1) is 0 Å². The van der Waals surface area contributed by atoms with Crippen molar-refractivity contribution in [1.82, 2.24) is 24.6 Å². The number of aromatic nitrogens is 3. The second kappa shape index (κ2) is 9.18. The molecule has 5 rings (SSSR count). The summed E-state index contributed by atoms with van der Waals surface area (Å²) in [5, 5.41) is 3.16. The number of alkyl halides is 3. The molecule has 1 N–H and O–H groups in total. The molecule has 1 saturated heterocycles. The molecule has 2 fully saturated rings. The zero-order chi connectivity index (χ0) is 26.4. The Morgan fingerprint density at radius 1 is 1.08 bits per heavy atom. The summed E-state index contributed by atoms with van der Waals surface area (Å²) >= 11 is 0. The molecule has 1 spiro atoms. The van der Waals surface area contributed by atoms with E-state index in [-0.39, 0.29) is 11.4 Å². The zero-order valence-electron chi connectivity index (χ0n) is 19.5. The molecular weight excluding hydrogens is 510 g/mol. The first-order chi connectivity index (χ1) is 17.5. The highest BCUT2D eigenvalue weighted by Crippen LogP contribution is 2.55. The molecule has 12 heteroatoms. The third-order valence-corrected chi connectivity index (χ3v) is 8.83. The van der Waals surface area contributed by atoms with Gasteiger partial charge in [-0.2, -0.15) is 17.5 Å². The SMILES string of the molecule is C=C(NCc1cc(-c2ccc(C(F)(F)F)nc2)ncn1)[C@@H]1CCC2(CC2)N1S(=O)(=O)c1ccc(F)cc1. The van der Waals surface area contributed by atoms with Gasteiger partial charge in [0.15, 0.2) is 0 Å². The van der Waals surface area contributed by atoms with Gasteiger partial charge in [-0.25, -0.2) is 22.8 Å². The number of nitrogens with zero attached hydrogens (tertiary/aromatic N) is 4. The van der Waals surface area contributed by atoms with E-state index in [2.05, 4.69) is 26.8 Å². The molecule has 1 aliphatic carbocycles. The molecule has 2 aliphatic rings. The smallest absolute Gasteiger partial charge is 0.382 e. The molecule has 37 heavy (non-hydrogen) atoms. The van der Waals surface area contributed by atoms with Crippen molar-refractivity contribution in [2.45, 2.75) is 54.9 Å². The summed E-state index contributed by atoms with van der Waals surface area (Å²) in [5.41, 5.74) is 0.410. The van der Waals surface area contributed by atoms with Crippen LogP contribution < -0.4 is 5.32 Å². The predicted molar refractivity (Wildman–Crippen MR) is 127 cm³/mol. The molecule has 194 valence electrons. The Bertz CT molecular complexity index is 1420. The molecule has 3 heterocycles. The molecule has 1 atom stereocenters. The van der Waals surface area contributed by atoms with E-state index in [4.69, 9.17) is 0 Å². The molecule has 0 radical (unpaired) electrons. The van der Waals surface area contributed by atoms with Crippen molar-refractivity contribution in [3.63, 3.8) is 0 Å². The molecule has 1 aromatic carbocycles. The number of halogens is 4. The van der Waals surface area contributed by atoms with Crippen LogP contribution in [0.2, 0.25) is 0 Å². The normalized spacial score (nSPS) is 19.2. The van der Waals surface area contributed by atoms with Crippen LogP contribution in [0.25, 0.3) is 11.3 Å². The Hall–Kier alpha value is -3.38. The number of pyridine rings is 1. The van der Waals surface area contributed by atoms with Gasteiger partial charge in [-0.1, -0.05) is 6.58 Å². The standard InChI is InChI=1S/C25H23F4N5O2S/c1-16(22-8-9-24(10-11-24)34(22)37(35,36)20-5-3-18(26)4-6-20)30-14-19-12-21(33-15-32-19)17-2-7-23(31-13-17)25(27,28)29/h2-7,12-13,15,22,30H,1,8-11,14H2/t22-/m0/s1. The van der Waals surface area contributed by atoms with Gasteiger partial charge in [-0.05, 0) is 68.1 Å². The van der Waals surface area contributed by atoms with Gasteiger partial charge in [0.1, 0.15) is 17.8 Å². The molecule has 0 bridgehead atoms.